The molecule has 2 N–H and O–H groups in total. The molecule has 1 saturated carbocycles. The van der Waals surface area contributed by atoms with E-state index >= 15 is 0 Å². The van der Waals surface area contributed by atoms with Crippen molar-refractivity contribution in [1.82, 2.24) is 10.6 Å². The standard InChI is InChI=1S/C13H19BrN2/c1-10-8-11(2-5-13(10)14)9-15-6-7-16-12-3-4-12/h2,5,8,12,15-16H,3-4,6-7,9H2,1H3. The lowest BCUT2D eigenvalue weighted by atomic mass is 10.1. The Labute approximate surface area is 106 Å². The molecule has 1 aliphatic carbocycles. The normalized spacial score (nSPS) is 15.4. The molecule has 88 valence electrons. The molecule has 0 heterocycles. The number of hydrogen-bond donors (Lipinski definition) is 2. The fourth-order valence-electron chi connectivity index (χ4n) is 1.70. The van der Waals surface area contributed by atoms with Crippen molar-refractivity contribution in [3.63, 3.8) is 0 Å². The number of hydrogen-bond acceptors (Lipinski definition) is 2. The Morgan fingerprint density at radius 1 is 1.31 bits per heavy atom. The summed E-state index contributed by atoms with van der Waals surface area (Å²) in [4.78, 5) is 0. The molecular weight excluding hydrogens is 264 g/mol. The van der Waals surface area contributed by atoms with Gasteiger partial charge in [-0.1, -0.05) is 28.1 Å². The molecule has 0 bridgehead atoms. The number of rotatable bonds is 6. The molecule has 1 aliphatic rings. The number of nitrogens with one attached hydrogen (secondary N) is 2. The summed E-state index contributed by atoms with van der Waals surface area (Å²) in [6.07, 6.45) is 2.73. The molecule has 0 radical (unpaired) electrons. The van der Waals surface area contributed by atoms with Gasteiger partial charge in [0.05, 0.1) is 0 Å². The molecule has 1 aromatic rings. The van der Waals surface area contributed by atoms with Crippen molar-refractivity contribution >= 4 is 15.9 Å². The van der Waals surface area contributed by atoms with Crippen molar-refractivity contribution in [2.24, 2.45) is 0 Å². The van der Waals surface area contributed by atoms with Crippen LogP contribution in [0.5, 0.6) is 0 Å². The van der Waals surface area contributed by atoms with E-state index in [0.717, 1.165) is 25.7 Å². The second kappa shape index (κ2) is 5.80. The summed E-state index contributed by atoms with van der Waals surface area (Å²) in [5, 5.41) is 6.95. The average Bonchev–Trinajstić information content (AvgIpc) is 3.07. The highest BCUT2D eigenvalue weighted by molar-refractivity contribution is 9.10. The largest absolute Gasteiger partial charge is 0.313 e. The maximum atomic E-state index is 3.51. The lowest BCUT2D eigenvalue weighted by Crippen LogP contribution is -2.28. The minimum atomic E-state index is 0.816. The van der Waals surface area contributed by atoms with E-state index in [0.29, 0.717) is 0 Å². The highest BCUT2D eigenvalue weighted by Gasteiger charge is 2.19. The predicted octanol–water partition coefficient (Wildman–Crippen LogP) is 2.60. The second-order valence-electron chi connectivity index (χ2n) is 4.49. The van der Waals surface area contributed by atoms with Crippen LogP contribution in [0.3, 0.4) is 0 Å². The average molecular weight is 283 g/mol. The van der Waals surface area contributed by atoms with E-state index < -0.39 is 0 Å². The van der Waals surface area contributed by atoms with E-state index in [2.05, 4.69) is 51.7 Å². The molecule has 1 fully saturated rings. The quantitative estimate of drug-likeness (QED) is 0.784. The van der Waals surface area contributed by atoms with Gasteiger partial charge in [0.1, 0.15) is 0 Å². The summed E-state index contributed by atoms with van der Waals surface area (Å²) in [7, 11) is 0. The molecule has 1 aromatic carbocycles. The van der Waals surface area contributed by atoms with Crippen LogP contribution in [0.2, 0.25) is 0 Å². The molecule has 0 spiro atoms. The molecule has 16 heavy (non-hydrogen) atoms. The third-order valence-corrected chi connectivity index (χ3v) is 3.75. The Hall–Kier alpha value is -0.380. The lowest BCUT2D eigenvalue weighted by Gasteiger charge is -2.07. The van der Waals surface area contributed by atoms with Crippen molar-refractivity contribution < 1.29 is 0 Å². The highest BCUT2D eigenvalue weighted by Crippen LogP contribution is 2.18. The first-order valence-corrected chi connectivity index (χ1v) is 6.74. The van der Waals surface area contributed by atoms with E-state index in [9.17, 15) is 0 Å². The first kappa shape index (κ1) is 12.1. The predicted molar refractivity (Wildman–Crippen MR) is 71.6 cm³/mol. The third kappa shape index (κ3) is 3.89. The molecule has 0 atom stereocenters. The Morgan fingerprint density at radius 2 is 2.12 bits per heavy atom. The molecule has 0 aliphatic heterocycles. The van der Waals surface area contributed by atoms with Gasteiger partial charge in [-0.25, -0.2) is 0 Å². The summed E-state index contributed by atoms with van der Waals surface area (Å²) in [5.74, 6) is 0. The van der Waals surface area contributed by atoms with Gasteiger partial charge in [-0.3, -0.25) is 0 Å². The Morgan fingerprint density at radius 3 is 2.81 bits per heavy atom. The molecule has 2 rings (SSSR count). The van der Waals surface area contributed by atoms with Gasteiger partial charge in [0.25, 0.3) is 0 Å². The smallest absolute Gasteiger partial charge is 0.0206 e. The maximum Gasteiger partial charge on any atom is 0.0206 e. The third-order valence-electron chi connectivity index (χ3n) is 2.86. The van der Waals surface area contributed by atoms with Gasteiger partial charge in [-0.15, -0.1) is 0 Å². The van der Waals surface area contributed by atoms with Crippen LogP contribution in [0, 0.1) is 6.92 Å². The number of benzene rings is 1. The summed E-state index contributed by atoms with van der Waals surface area (Å²) in [5.41, 5.74) is 2.66. The van der Waals surface area contributed by atoms with Gasteiger partial charge in [-0.05, 0) is 37.0 Å². The van der Waals surface area contributed by atoms with Gasteiger partial charge in [0, 0.05) is 30.1 Å². The minimum absolute atomic E-state index is 0.816. The molecular formula is C13H19BrN2. The zero-order valence-corrected chi connectivity index (χ0v) is 11.3. The fourth-order valence-corrected chi connectivity index (χ4v) is 1.95. The Bertz CT molecular complexity index is 348. The van der Waals surface area contributed by atoms with E-state index in [1.54, 1.807) is 0 Å². The number of aryl methyl sites for hydroxylation is 1. The first-order valence-electron chi connectivity index (χ1n) is 5.95. The van der Waals surface area contributed by atoms with Gasteiger partial charge in [-0.2, -0.15) is 0 Å². The van der Waals surface area contributed by atoms with E-state index in [1.807, 2.05) is 0 Å². The van der Waals surface area contributed by atoms with Crippen LogP contribution in [-0.4, -0.2) is 19.1 Å². The molecule has 0 saturated heterocycles. The van der Waals surface area contributed by atoms with Gasteiger partial charge >= 0.3 is 0 Å². The van der Waals surface area contributed by atoms with Crippen molar-refractivity contribution in [1.29, 1.82) is 0 Å². The van der Waals surface area contributed by atoms with E-state index in [-0.39, 0.29) is 0 Å². The van der Waals surface area contributed by atoms with Crippen molar-refractivity contribution in [2.75, 3.05) is 13.1 Å². The van der Waals surface area contributed by atoms with Gasteiger partial charge in [0.2, 0.25) is 0 Å². The first-order chi connectivity index (χ1) is 7.75. The zero-order valence-electron chi connectivity index (χ0n) is 9.72. The second-order valence-corrected chi connectivity index (χ2v) is 5.34. The maximum absolute atomic E-state index is 3.51. The summed E-state index contributed by atoms with van der Waals surface area (Å²) >= 11 is 3.51. The zero-order chi connectivity index (χ0) is 11.4. The monoisotopic (exact) mass is 282 g/mol. The fraction of sp³-hybridized carbons (Fsp3) is 0.538. The Balaban J connectivity index is 1.65. The van der Waals surface area contributed by atoms with Crippen molar-refractivity contribution in [3.8, 4) is 0 Å². The van der Waals surface area contributed by atoms with Crippen molar-refractivity contribution in [2.45, 2.75) is 32.4 Å². The van der Waals surface area contributed by atoms with Crippen LogP contribution < -0.4 is 10.6 Å². The van der Waals surface area contributed by atoms with Crippen LogP contribution in [0.4, 0.5) is 0 Å². The summed E-state index contributed by atoms with van der Waals surface area (Å²) in [6.45, 7) is 5.22. The van der Waals surface area contributed by atoms with Crippen LogP contribution in [0.25, 0.3) is 0 Å². The van der Waals surface area contributed by atoms with Crippen LogP contribution in [0.15, 0.2) is 22.7 Å². The summed E-state index contributed by atoms with van der Waals surface area (Å²) in [6, 6.07) is 7.33. The van der Waals surface area contributed by atoms with Crippen LogP contribution in [-0.2, 0) is 6.54 Å². The lowest BCUT2D eigenvalue weighted by molar-refractivity contribution is 0.608. The summed E-state index contributed by atoms with van der Waals surface area (Å²) < 4.78 is 1.19. The highest BCUT2D eigenvalue weighted by atomic mass is 79.9. The molecule has 0 aromatic heterocycles. The van der Waals surface area contributed by atoms with Gasteiger partial charge in [0.15, 0.2) is 0 Å². The SMILES string of the molecule is Cc1cc(CNCCNC2CC2)ccc1Br. The molecule has 0 unspecified atom stereocenters. The van der Waals surface area contributed by atoms with Crippen LogP contribution in [0.1, 0.15) is 24.0 Å². The topological polar surface area (TPSA) is 24.1 Å². The number of halogens is 1. The Kier molecular flexibility index (Phi) is 4.38. The minimum Gasteiger partial charge on any atom is -0.313 e. The van der Waals surface area contributed by atoms with E-state index in [1.165, 1.54) is 28.4 Å². The van der Waals surface area contributed by atoms with Gasteiger partial charge < -0.3 is 10.6 Å². The van der Waals surface area contributed by atoms with Crippen LogP contribution >= 0.6 is 15.9 Å². The van der Waals surface area contributed by atoms with Crippen molar-refractivity contribution in [3.05, 3.63) is 33.8 Å². The molecule has 3 heteroatoms. The molecule has 0 amide bonds. The van der Waals surface area contributed by atoms with E-state index in [4.69, 9.17) is 0 Å². The molecule has 2 nitrogen and oxygen atoms in total.